The van der Waals surface area contributed by atoms with Crippen molar-refractivity contribution in [1.29, 1.82) is 0 Å². The molecule has 0 spiro atoms. The number of rotatable bonds is 4. The van der Waals surface area contributed by atoms with Gasteiger partial charge in [-0.15, -0.1) is 11.3 Å². The third-order valence-electron chi connectivity index (χ3n) is 3.10. The summed E-state index contributed by atoms with van der Waals surface area (Å²) in [5.41, 5.74) is 4.72. The normalized spacial score (nSPS) is 12.5. The Hall–Kier alpha value is -1.10. The fraction of sp³-hybridized carbons (Fsp3) is 0.357. The number of thiazole rings is 1. The molecule has 102 valence electrons. The van der Waals surface area contributed by atoms with Gasteiger partial charge in [0.05, 0.1) is 23.9 Å². The maximum absolute atomic E-state index is 9.57. The van der Waals surface area contributed by atoms with E-state index in [-0.39, 0.29) is 0 Å². The van der Waals surface area contributed by atoms with Crippen LogP contribution in [0.25, 0.3) is 0 Å². The molecule has 0 aliphatic rings. The van der Waals surface area contributed by atoms with Crippen LogP contribution >= 0.6 is 22.9 Å². The molecule has 0 aliphatic carbocycles. The topological polar surface area (TPSA) is 36.4 Å². The molecule has 1 unspecified atom stereocenters. The third kappa shape index (κ3) is 3.26. The first-order valence-corrected chi connectivity index (χ1v) is 7.32. The second-order valence-electron chi connectivity index (χ2n) is 4.60. The predicted molar refractivity (Wildman–Crippen MR) is 81.0 cm³/mol. The van der Waals surface area contributed by atoms with Gasteiger partial charge in [0.2, 0.25) is 0 Å². The average Bonchev–Trinajstić information content (AvgIpc) is 2.74. The first-order chi connectivity index (χ1) is 8.99. The molecule has 3 nitrogen and oxygen atoms in total. The summed E-state index contributed by atoms with van der Waals surface area (Å²) in [6, 6.07) is 5.74. The molecule has 1 aromatic carbocycles. The Balaban J connectivity index is 2.18. The summed E-state index contributed by atoms with van der Waals surface area (Å²) in [5.74, 6) is 0. The lowest BCUT2D eigenvalue weighted by Gasteiger charge is -2.20. The minimum Gasteiger partial charge on any atom is -0.389 e. The molecule has 0 amide bonds. The Morgan fingerprint density at radius 1 is 1.47 bits per heavy atom. The summed E-state index contributed by atoms with van der Waals surface area (Å²) in [6.07, 6.45) is -0.546. The molecule has 19 heavy (non-hydrogen) atoms. The predicted octanol–water partition coefficient (Wildman–Crippen LogP) is 3.79. The third-order valence-corrected chi connectivity index (χ3v) is 4.35. The zero-order valence-corrected chi connectivity index (χ0v) is 12.8. The van der Waals surface area contributed by atoms with Crippen molar-refractivity contribution in [3.8, 4) is 0 Å². The zero-order chi connectivity index (χ0) is 14.0. The molecule has 2 aromatic rings. The molecule has 0 aliphatic heterocycles. The van der Waals surface area contributed by atoms with Crippen molar-refractivity contribution in [2.75, 3.05) is 11.9 Å². The maximum atomic E-state index is 9.57. The molecule has 1 heterocycles. The molecular weight excluding hydrogens is 280 g/mol. The van der Waals surface area contributed by atoms with E-state index in [9.17, 15) is 5.11 Å². The lowest BCUT2D eigenvalue weighted by atomic mass is 10.1. The van der Waals surface area contributed by atoms with E-state index < -0.39 is 6.10 Å². The number of nitrogens with zero attached hydrogens (tertiary/aromatic N) is 2. The number of benzene rings is 1. The Kier molecular flexibility index (Phi) is 4.45. The second kappa shape index (κ2) is 5.90. The van der Waals surface area contributed by atoms with Crippen LogP contribution in [0.4, 0.5) is 5.69 Å². The fourth-order valence-corrected chi connectivity index (χ4v) is 3.04. The van der Waals surface area contributed by atoms with Gasteiger partial charge in [0.1, 0.15) is 0 Å². The largest absolute Gasteiger partial charge is 0.389 e. The number of aromatic nitrogens is 1. The van der Waals surface area contributed by atoms with Gasteiger partial charge in [0.15, 0.2) is 0 Å². The van der Waals surface area contributed by atoms with Crippen molar-refractivity contribution in [2.45, 2.75) is 26.5 Å². The van der Waals surface area contributed by atoms with Crippen molar-refractivity contribution in [3.05, 3.63) is 44.9 Å². The van der Waals surface area contributed by atoms with Crippen LogP contribution < -0.4 is 4.90 Å². The molecule has 0 fully saturated rings. The highest BCUT2D eigenvalue weighted by atomic mass is 35.5. The highest BCUT2D eigenvalue weighted by Gasteiger charge is 2.11. The van der Waals surface area contributed by atoms with Crippen LogP contribution in [0.2, 0.25) is 5.02 Å². The van der Waals surface area contributed by atoms with E-state index >= 15 is 0 Å². The van der Waals surface area contributed by atoms with E-state index in [0.29, 0.717) is 5.02 Å². The van der Waals surface area contributed by atoms with Crippen molar-refractivity contribution < 1.29 is 5.11 Å². The monoisotopic (exact) mass is 296 g/mol. The van der Waals surface area contributed by atoms with E-state index in [1.54, 1.807) is 18.3 Å². The number of halogens is 1. The van der Waals surface area contributed by atoms with Gasteiger partial charge in [-0.25, -0.2) is 4.98 Å². The molecule has 1 atom stereocenters. The Morgan fingerprint density at radius 2 is 2.21 bits per heavy atom. The molecule has 5 heteroatoms. The van der Waals surface area contributed by atoms with Gasteiger partial charge >= 0.3 is 0 Å². The summed E-state index contributed by atoms with van der Waals surface area (Å²) in [4.78, 5) is 7.62. The molecule has 1 aromatic heterocycles. The van der Waals surface area contributed by atoms with Gasteiger partial charge < -0.3 is 10.0 Å². The van der Waals surface area contributed by atoms with Crippen LogP contribution in [-0.4, -0.2) is 17.1 Å². The number of aliphatic hydroxyl groups excluding tert-OH is 1. The summed E-state index contributed by atoms with van der Waals surface area (Å²) in [7, 11) is 2.02. The maximum Gasteiger partial charge on any atom is 0.0798 e. The summed E-state index contributed by atoms with van der Waals surface area (Å²) in [5, 5.41) is 10.2. The van der Waals surface area contributed by atoms with Crippen molar-refractivity contribution in [2.24, 2.45) is 0 Å². The van der Waals surface area contributed by atoms with Crippen LogP contribution in [0.15, 0.2) is 23.7 Å². The van der Waals surface area contributed by atoms with Crippen LogP contribution in [0.3, 0.4) is 0 Å². The van der Waals surface area contributed by atoms with Crippen LogP contribution in [0, 0.1) is 6.92 Å². The van der Waals surface area contributed by atoms with E-state index in [2.05, 4.69) is 9.88 Å². The number of hydrogen-bond donors (Lipinski definition) is 1. The minimum absolute atomic E-state index is 0.546. The number of aliphatic hydroxyl groups is 1. The lowest BCUT2D eigenvalue weighted by molar-refractivity contribution is 0.199. The molecule has 0 radical (unpaired) electrons. The van der Waals surface area contributed by atoms with Gasteiger partial charge in [-0.05, 0) is 31.5 Å². The van der Waals surface area contributed by atoms with Crippen LogP contribution in [-0.2, 0) is 6.54 Å². The summed E-state index contributed by atoms with van der Waals surface area (Å²) >= 11 is 7.84. The SMILES string of the molecule is Cc1ncsc1CN(C)c1ccc(C(C)O)c(Cl)c1. The van der Waals surface area contributed by atoms with E-state index in [1.807, 2.05) is 37.7 Å². The standard InChI is InChI=1S/C14H17ClN2OS/c1-9-14(19-8-16-9)7-17(3)11-4-5-12(10(2)18)13(15)6-11/h4-6,8,10,18H,7H2,1-3H3. The Bertz CT molecular complexity index is 568. The smallest absolute Gasteiger partial charge is 0.0798 e. The van der Waals surface area contributed by atoms with E-state index in [4.69, 9.17) is 11.6 Å². The van der Waals surface area contributed by atoms with Gasteiger partial charge in [-0.2, -0.15) is 0 Å². The van der Waals surface area contributed by atoms with Crippen LogP contribution in [0.5, 0.6) is 0 Å². The molecule has 1 N–H and O–H groups in total. The first-order valence-electron chi connectivity index (χ1n) is 6.06. The molecule has 0 bridgehead atoms. The molecule has 0 saturated carbocycles. The Labute approximate surface area is 122 Å². The van der Waals surface area contributed by atoms with E-state index in [1.165, 1.54) is 4.88 Å². The molecule has 0 saturated heterocycles. The number of hydrogen-bond acceptors (Lipinski definition) is 4. The van der Waals surface area contributed by atoms with Gasteiger partial charge in [-0.3, -0.25) is 0 Å². The molecular formula is C14H17ClN2OS. The first kappa shape index (κ1) is 14.3. The second-order valence-corrected chi connectivity index (χ2v) is 5.95. The van der Waals surface area contributed by atoms with Gasteiger partial charge in [-0.1, -0.05) is 17.7 Å². The van der Waals surface area contributed by atoms with Crippen molar-refractivity contribution in [1.82, 2.24) is 4.98 Å². The molecule has 2 rings (SSSR count). The summed E-state index contributed by atoms with van der Waals surface area (Å²) in [6.45, 7) is 4.54. The van der Waals surface area contributed by atoms with Gasteiger partial charge in [0.25, 0.3) is 0 Å². The number of anilines is 1. The quantitative estimate of drug-likeness (QED) is 0.932. The highest BCUT2D eigenvalue weighted by Crippen LogP contribution is 2.28. The van der Waals surface area contributed by atoms with Crippen molar-refractivity contribution in [3.63, 3.8) is 0 Å². The van der Waals surface area contributed by atoms with E-state index in [0.717, 1.165) is 23.5 Å². The van der Waals surface area contributed by atoms with Crippen LogP contribution in [0.1, 0.15) is 29.2 Å². The summed E-state index contributed by atoms with van der Waals surface area (Å²) < 4.78 is 0. The fourth-order valence-electron chi connectivity index (χ4n) is 1.88. The average molecular weight is 297 g/mol. The highest BCUT2D eigenvalue weighted by molar-refractivity contribution is 7.09. The Morgan fingerprint density at radius 3 is 2.74 bits per heavy atom. The van der Waals surface area contributed by atoms with Crippen molar-refractivity contribution >= 4 is 28.6 Å². The minimum atomic E-state index is -0.546. The lowest BCUT2D eigenvalue weighted by Crippen LogP contribution is -2.16. The number of aryl methyl sites for hydroxylation is 1. The zero-order valence-electron chi connectivity index (χ0n) is 11.2. The van der Waals surface area contributed by atoms with Gasteiger partial charge in [0, 0.05) is 22.6 Å².